The van der Waals surface area contributed by atoms with Gasteiger partial charge in [0.1, 0.15) is 0 Å². The molecule has 1 unspecified atom stereocenters. The molecule has 0 aliphatic heterocycles. The second-order valence-corrected chi connectivity index (χ2v) is 2.13. The minimum atomic E-state index is -0.0417. The Bertz CT molecular complexity index is 62.0. The van der Waals surface area contributed by atoms with E-state index >= 15 is 0 Å². The van der Waals surface area contributed by atoms with Crippen molar-refractivity contribution in [2.75, 3.05) is 19.6 Å². The van der Waals surface area contributed by atoms with Crippen molar-refractivity contribution in [3.05, 3.63) is 0 Å². The van der Waals surface area contributed by atoms with Crippen molar-refractivity contribution < 1.29 is 0 Å². The highest BCUT2D eigenvalue weighted by molar-refractivity contribution is 4.74. The Kier molecular flexibility index (Phi) is 4.61. The zero-order valence-corrected chi connectivity index (χ0v) is 5.59. The fourth-order valence-electron chi connectivity index (χ4n) is 0.638. The van der Waals surface area contributed by atoms with E-state index in [2.05, 4.69) is 0 Å². The average Bonchev–Trinajstić information content (AvgIpc) is 1.90. The van der Waals surface area contributed by atoms with Crippen LogP contribution >= 0.6 is 0 Å². The average molecular weight is 132 g/mol. The topological polar surface area (TPSA) is 104 Å². The highest BCUT2D eigenvalue weighted by atomic mass is 14.8. The third-order valence-corrected chi connectivity index (χ3v) is 1.48. The van der Waals surface area contributed by atoms with Gasteiger partial charge in [-0.15, -0.1) is 0 Å². The maximum absolute atomic E-state index is 5.55. The van der Waals surface area contributed by atoms with E-state index in [1.165, 1.54) is 0 Å². The Hall–Kier alpha value is -0.160. The van der Waals surface area contributed by atoms with Gasteiger partial charge in [-0.05, 0) is 19.0 Å². The SMILES string of the molecule is NCC(N)C(CN)CN. The van der Waals surface area contributed by atoms with Crippen molar-refractivity contribution in [3.8, 4) is 0 Å². The van der Waals surface area contributed by atoms with Gasteiger partial charge in [-0.1, -0.05) is 0 Å². The van der Waals surface area contributed by atoms with Gasteiger partial charge in [0.15, 0.2) is 0 Å². The molecule has 8 N–H and O–H groups in total. The molecule has 0 aromatic rings. The molecule has 9 heavy (non-hydrogen) atoms. The molecule has 0 heterocycles. The van der Waals surface area contributed by atoms with Gasteiger partial charge in [-0.3, -0.25) is 0 Å². The Morgan fingerprint density at radius 1 is 0.889 bits per heavy atom. The van der Waals surface area contributed by atoms with Crippen LogP contribution in [0.15, 0.2) is 0 Å². The summed E-state index contributed by atoms with van der Waals surface area (Å²) in [7, 11) is 0. The van der Waals surface area contributed by atoms with Crippen LogP contribution in [0.1, 0.15) is 0 Å². The predicted octanol–water partition coefficient (Wildman–Crippen LogP) is -2.19. The first-order chi connectivity index (χ1) is 4.26. The lowest BCUT2D eigenvalue weighted by Crippen LogP contribution is -2.44. The number of hydrogen-bond donors (Lipinski definition) is 4. The van der Waals surface area contributed by atoms with Gasteiger partial charge in [0.2, 0.25) is 0 Å². The summed E-state index contributed by atoms with van der Waals surface area (Å²) in [6.45, 7) is 1.50. The summed E-state index contributed by atoms with van der Waals surface area (Å²) >= 11 is 0. The molecule has 0 radical (unpaired) electrons. The molecular formula is C5H16N4. The first-order valence-corrected chi connectivity index (χ1v) is 3.12. The summed E-state index contributed by atoms with van der Waals surface area (Å²) < 4.78 is 0. The van der Waals surface area contributed by atoms with E-state index in [1.807, 2.05) is 0 Å². The maximum atomic E-state index is 5.55. The lowest BCUT2D eigenvalue weighted by Gasteiger charge is -2.18. The monoisotopic (exact) mass is 132 g/mol. The quantitative estimate of drug-likeness (QED) is 0.348. The molecule has 56 valence electrons. The molecule has 0 amide bonds. The molecule has 0 saturated carbocycles. The molecule has 0 aliphatic carbocycles. The zero-order valence-electron chi connectivity index (χ0n) is 5.59. The van der Waals surface area contributed by atoms with Crippen molar-refractivity contribution >= 4 is 0 Å². The van der Waals surface area contributed by atoms with E-state index in [4.69, 9.17) is 22.9 Å². The Morgan fingerprint density at radius 3 is 1.44 bits per heavy atom. The van der Waals surface area contributed by atoms with Crippen molar-refractivity contribution in [3.63, 3.8) is 0 Å². The lowest BCUT2D eigenvalue weighted by molar-refractivity contribution is 0.444. The molecule has 0 fully saturated rings. The second kappa shape index (κ2) is 4.69. The van der Waals surface area contributed by atoms with Crippen LogP contribution in [0.2, 0.25) is 0 Å². The van der Waals surface area contributed by atoms with Gasteiger partial charge >= 0.3 is 0 Å². The minimum absolute atomic E-state index is 0.0417. The first kappa shape index (κ1) is 8.84. The van der Waals surface area contributed by atoms with E-state index < -0.39 is 0 Å². The highest BCUT2D eigenvalue weighted by Gasteiger charge is 2.11. The molecule has 1 atom stereocenters. The molecule has 0 bridgehead atoms. The van der Waals surface area contributed by atoms with E-state index in [9.17, 15) is 0 Å². The smallest absolute Gasteiger partial charge is 0.0216 e. The molecule has 4 heteroatoms. The molecule has 0 aromatic carbocycles. The van der Waals surface area contributed by atoms with Crippen LogP contribution in [-0.4, -0.2) is 25.7 Å². The Labute approximate surface area is 55.6 Å². The summed E-state index contributed by atoms with van der Waals surface area (Å²) in [5, 5.41) is 0. The number of nitrogens with two attached hydrogens (primary N) is 4. The van der Waals surface area contributed by atoms with E-state index in [0.29, 0.717) is 19.6 Å². The van der Waals surface area contributed by atoms with Crippen LogP contribution in [-0.2, 0) is 0 Å². The van der Waals surface area contributed by atoms with Crippen LogP contribution in [0.5, 0.6) is 0 Å². The minimum Gasteiger partial charge on any atom is -0.330 e. The molecular weight excluding hydrogens is 116 g/mol. The van der Waals surface area contributed by atoms with Gasteiger partial charge < -0.3 is 22.9 Å². The molecule has 0 aromatic heterocycles. The number of rotatable bonds is 4. The van der Waals surface area contributed by atoms with Crippen LogP contribution in [0.3, 0.4) is 0 Å². The second-order valence-electron chi connectivity index (χ2n) is 2.13. The van der Waals surface area contributed by atoms with Crippen molar-refractivity contribution in [1.29, 1.82) is 0 Å². The summed E-state index contributed by atoms with van der Waals surface area (Å²) in [5.74, 6) is 0.176. The highest BCUT2D eigenvalue weighted by Crippen LogP contribution is 1.93. The van der Waals surface area contributed by atoms with Crippen molar-refractivity contribution in [2.24, 2.45) is 28.9 Å². The lowest BCUT2D eigenvalue weighted by atomic mass is 10.0. The van der Waals surface area contributed by atoms with Crippen LogP contribution < -0.4 is 22.9 Å². The zero-order chi connectivity index (χ0) is 7.28. The van der Waals surface area contributed by atoms with Crippen LogP contribution in [0, 0.1) is 5.92 Å². The van der Waals surface area contributed by atoms with E-state index in [1.54, 1.807) is 0 Å². The molecule has 4 nitrogen and oxygen atoms in total. The van der Waals surface area contributed by atoms with Crippen LogP contribution in [0.4, 0.5) is 0 Å². The standard InChI is InChI=1S/C5H16N4/c6-1-4(2-7)5(9)3-8/h4-5H,1-3,6-9H2. The first-order valence-electron chi connectivity index (χ1n) is 3.12. The summed E-state index contributed by atoms with van der Waals surface area (Å²) in [6, 6.07) is -0.0417. The van der Waals surface area contributed by atoms with E-state index in [-0.39, 0.29) is 12.0 Å². The number of hydrogen-bond acceptors (Lipinski definition) is 4. The maximum Gasteiger partial charge on any atom is 0.0216 e. The summed E-state index contributed by atoms with van der Waals surface area (Å²) in [4.78, 5) is 0. The summed E-state index contributed by atoms with van der Waals surface area (Å²) in [6.07, 6.45) is 0. The van der Waals surface area contributed by atoms with Gasteiger partial charge in [-0.25, -0.2) is 0 Å². The van der Waals surface area contributed by atoms with Gasteiger partial charge in [0, 0.05) is 12.6 Å². The van der Waals surface area contributed by atoms with Gasteiger partial charge in [-0.2, -0.15) is 0 Å². The Morgan fingerprint density at radius 2 is 1.33 bits per heavy atom. The Balaban J connectivity index is 3.50. The molecule has 0 saturated heterocycles. The van der Waals surface area contributed by atoms with E-state index in [0.717, 1.165) is 0 Å². The molecule has 0 spiro atoms. The van der Waals surface area contributed by atoms with Gasteiger partial charge in [0.05, 0.1) is 0 Å². The predicted molar refractivity (Wildman–Crippen MR) is 38.6 cm³/mol. The molecule has 0 aliphatic rings. The van der Waals surface area contributed by atoms with Crippen molar-refractivity contribution in [1.82, 2.24) is 0 Å². The molecule has 0 rings (SSSR count). The fourth-order valence-corrected chi connectivity index (χ4v) is 0.638. The van der Waals surface area contributed by atoms with Crippen LogP contribution in [0.25, 0.3) is 0 Å². The van der Waals surface area contributed by atoms with Gasteiger partial charge in [0.25, 0.3) is 0 Å². The fraction of sp³-hybridized carbons (Fsp3) is 1.00. The third-order valence-electron chi connectivity index (χ3n) is 1.48. The largest absolute Gasteiger partial charge is 0.330 e. The summed E-state index contributed by atoms with van der Waals surface area (Å²) in [5.41, 5.74) is 21.5. The third kappa shape index (κ3) is 2.76. The van der Waals surface area contributed by atoms with Crippen molar-refractivity contribution in [2.45, 2.75) is 6.04 Å². The normalized spacial score (nSPS) is 14.3.